The van der Waals surface area contributed by atoms with Crippen LogP contribution in [0.1, 0.15) is 36.2 Å². The lowest BCUT2D eigenvalue weighted by atomic mass is 10.1. The van der Waals surface area contributed by atoms with Crippen molar-refractivity contribution in [2.24, 2.45) is 5.10 Å². The lowest BCUT2D eigenvalue weighted by Gasteiger charge is -2.06. The van der Waals surface area contributed by atoms with Gasteiger partial charge in [0, 0.05) is 18.0 Å². The fraction of sp³-hybridized carbons (Fsp3) is 0.235. The van der Waals surface area contributed by atoms with Gasteiger partial charge in [-0.15, -0.1) is 0 Å². The summed E-state index contributed by atoms with van der Waals surface area (Å²) >= 11 is 0. The van der Waals surface area contributed by atoms with Crippen LogP contribution in [0.4, 0.5) is 0 Å². The Morgan fingerprint density at radius 2 is 1.82 bits per heavy atom. The first-order valence-corrected chi connectivity index (χ1v) is 7.18. The summed E-state index contributed by atoms with van der Waals surface area (Å²) in [4.78, 5) is 15.8. The van der Waals surface area contributed by atoms with Gasteiger partial charge < -0.3 is 4.74 Å². The Kier molecular flexibility index (Phi) is 5.65. The van der Waals surface area contributed by atoms with Crippen LogP contribution in [0.5, 0.6) is 5.75 Å². The average Bonchev–Trinajstić information content (AvgIpc) is 2.58. The molecule has 22 heavy (non-hydrogen) atoms. The molecule has 0 radical (unpaired) electrons. The molecule has 1 aromatic heterocycles. The van der Waals surface area contributed by atoms with Crippen LogP contribution in [0.3, 0.4) is 0 Å². The summed E-state index contributed by atoms with van der Waals surface area (Å²) in [5.74, 6) is 0.573. The second-order valence-electron chi connectivity index (χ2n) is 4.75. The number of ether oxygens (including phenoxy) is 1. The molecule has 1 aromatic carbocycles. The van der Waals surface area contributed by atoms with Crippen molar-refractivity contribution >= 4 is 11.6 Å². The van der Waals surface area contributed by atoms with Crippen LogP contribution in [0.2, 0.25) is 0 Å². The summed E-state index contributed by atoms with van der Waals surface area (Å²) in [6.45, 7) is 4.61. The zero-order chi connectivity index (χ0) is 15.8. The summed E-state index contributed by atoms with van der Waals surface area (Å²) in [5.41, 5.74) is 4.71. The van der Waals surface area contributed by atoms with E-state index in [1.165, 1.54) is 0 Å². The Bertz CT molecular complexity index is 637. The van der Waals surface area contributed by atoms with Crippen LogP contribution in [0, 0.1) is 0 Å². The van der Waals surface area contributed by atoms with Crippen molar-refractivity contribution in [2.75, 3.05) is 6.61 Å². The van der Waals surface area contributed by atoms with Gasteiger partial charge in [0.2, 0.25) is 0 Å². The summed E-state index contributed by atoms with van der Waals surface area (Å²) in [6.07, 6.45) is 4.12. The SMILES string of the molecule is CCCOc1ccc(/C(C)=N\NC(=O)c2ccncc2)cc1. The van der Waals surface area contributed by atoms with Crippen LogP contribution >= 0.6 is 0 Å². The molecule has 1 amide bonds. The molecule has 0 bridgehead atoms. The first-order chi connectivity index (χ1) is 10.7. The van der Waals surface area contributed by atoms with E-state index in [2.05, 4.69) is 22.4 Å². The Morgan fingerprint density at radius 1 is 1.14 bits per heavy atom. The van der Waals surface area contributed by atoms with Crippen LogP contribution in [0.15, 0.2) is 53.9 Å². The number of rotatable bonds is 6. The second kappa shape index (κ2) is 7.93. The third-order valence-electron chi connectivity index (χ3n) is 3.01. The highest BCUT2D eigenvalue weighted by molar-refractivity contribution is 6.00. The molecule has 0 aliphatic carbocycles. The number of hydrazone groups is 1. The molecule has 2 aromatic rings. The maximum absolute atomic E-state index is 11.9. The van der Waals surface area contributed by atoms with E-state index in [-0.39, 0.29) is 5.91 Å². The lowest BCUT2D eigenvalue weighted by molar-refractivity contribution is 0.0954. The summed E-state index contributed by atoms with van der Waals surface area (Å²) in [7, 11) is 0. The Balaban J connectivity index is 1.98. The van der Waals surface area contributed by atoms with E-state index in [9.17, 15) is 4.79 Å². The van der Waals surface area contributed by atoms with Gasteiger partial charge in [-0.1, -0.05) is 6.92 Å². The number of benzene rings is 1. The fourth-order valence-electron chi connectivity index (χ4n) is 1.78. The molecule has 0 saturated heterocycles. The molecule has 0 atom stereocenters. The number of nitrogens with zero attached hydrogens (tertiary/aromatic N) is 2. The van der Waals surface area contributed by atoms with Crippen molar-refractivity contribution < 1.29 is 9.53 Å². The van der Waals surface area contributed by atoms with Crippen molar-refractivity contribution in [1.29, 1.82) is 0 Å². The summed E-state index contributed by atoms with van der Waals surface area (Å²) in [6, 6.07) is 10.9. The van der Waals surface area contributed by atoms with E-state index in [0.717, 1.165) is 23.4 Å². The quantitative estimate of drug-likeness (QED) is 0.658. The molecule has 0 saturated carbocycles. The van der Waals surface area contributed by atoms with Gasteiger partial charge >= 0.3 is 0 Å². The van der Waals surface area contributed by atoms with E-state index in [0.29, 0.717) is 12.2 Å². The van der Waals surface area contributed by atoms with E-state index >= 15 is 0 Å². The van der Waals surface area contributed by atoms with Crippen LogP contribution in [-0.2, 0) is 0 Å². The minimum atomic E-state index is -0.260. The average molecular weight is 297 g/mol. The van der Waals surface area contributed by atoms with E-state index in [1.807, 2.05) is 31.2 Å². The largest absolute Gasteiger partial charge is 0.494 e. The smallest absolute Gasteiger partial charge is 0.271 e. The van der Waals surface area contributed by atoms with Crippen molar-refractivity contribution in [3.05, 3.63) is 59.9 Å². The predicted octanol–water partition coefficient (Wildman–Crippen LogP) is 3.02. The molecule has 0 unspecified atom stereocenters. The third-order valence-corrected chi connectivity index (χ3v) is 3.01. The summed E-state index contributed by atoms with van der Waals surface area (Å²) < 4.78 is 5.53. The second-order valence-corrected chi connectivity index (χ2v) is 4.75. The molecular weight excluding hydrogens is 278 g/mol. The standard InChI is InChI=1S/C17H19N3O2/c1-3-12-22-16-6-4-14(5-7-16)13(2)19-20-17(21)15-8-10-18-11-9-15/h4-11H,3,12H2,1-2H3,(H,20,21)/b19-13-. The zero-order valence-corrected chi connectivity index (χ0v) is 12.7. The highest BCUT2D eigenvalue weighted by Crippen LogP contribution is 2.13. The van der Waals surface area contributed by atoms with Gasteiger partial charge in [0.1, 0.15) is 5.75 Å². The van der Waals surface area contributed by atoms with Gasteiger partial charge in [0.05, 0.1) is 12.3 Å². The number of nitrogens with one attached hydrogen (secondary N) is 1. The van der Waals surface area contributed by atoms with Gasteiger partial charge in [-0.2, -0.15) is 5.10 Å². The number of aromatic nitrogens is 1. The molecule has 0 spiro atoms. The maximum atomic E-state index is 11.9. The Labute approximate surface area is 130 Å². The molecular formula is C17H19N3O2. The first-order valence-electron chi connectivity index (χ1n) is 7.18. The highest BCUT2D eigenvalue weighted by atomic mass is 16.5. The Hall–Kier alpha value is -2.69. The molecule has 1 heterocycles. The number of carbonyl (C=O) groups is 1. The van der Waals surface area contributed by atoms with Crippen molar-refractivity contribution in [3.63, 3.8) is 0 Å². The minimum Gasteiger partial charge on any atom is -0.494 e. The molecule has 0 aliphatic rings. The molecule has 0 fully saturated rings. The topological polar surface area (TPSA) is 63.6 Å². The van der Waals surface area contributed by atoms with E-state index < -0.39 is 0 Å². The zero-order valence-electron chi connectivity index (χ0n) is 12.7. The number of carbonyl (C=O) groups excluding carboxylic acids is 1. The molecule has 5 heteroatoms. The third kappa shape index (κ3) is 4.41. The monoisotopic (exact) mass is 297 g/mol. The molecule has 5 nitrogen and oxygen atoms in total. The first kappa shape index (κ1) is 15.7. The molecule has 114 valence electrons. The number of hydrogen-bond acceptors (Lipinski definition) is 4. The van der Waals surface area contributed by atoms with Gasteiger partial charge in [-0.25, -0.2) is 5.43 Å². The predicted molar refractivity (Wildman–Crippen MR) is 86.1 cm³/mol. The number of amides is 1. The normalized spacial score (nSPS) is 11.1. The molecule has 1 N–H and O–H groups in total. The van der Waals surface area contributed by atoms with Crippen LogP contribution in [-0.4, -0.2) is 23.2 Å². The lowest BCUT2D eigenvalue weighted by Crippen LogP contribution is -2.19. The maximum Gasteiger partial charge on any atom is 0.271 e. The van der Waals surface area contributed by atoms with Gasteiger partial charge in [-0.3, -0.25) is 9.78 Å². The number of pyridine rings is 1. The summed E-state index contributed by atoms with van der Waals surface area (Å²) in [5, 5.41) is 4.12. The van der Waals surface area contributed by atoms with Gasteiger partial charge in [0.25, 0.3) is 5.91 Å². The van der Waals surface area contributed by atoms with E-state index in [4.69, 9.17) is 4.74 Å². The van der Waals surface area contributed by atoms with Crippen molar-refractivity contribution in [3.8, 4) is 5.75 Å². The van der Waals surface area contributed by atoms with Gasteiger partial charge in [0.15, 0.2) is 0 Å². The minimum absolute atomic E-state index is 0.260. The van der Waals surface area contributed by atoms with Crippen LogP contribution < -0.4 is 10.2 Å². The Morgan fingerprint density at radius 3 is 2.45 bits per heavy atom. The molecule has 0 aliphatic heterocycles. The number of hydrogen-bond donors (Lipinski definition) is 1. The fourth-order valence-corrected chi connectivity index (χ4v) is 1.78. The van der Waals surface area contributed by atoms with Crippen LogP contribution in [0.25, 0.3) is 0 Å². The van der Waals surface area contributed by atoms with Crippen molar-refractivity contribution in [2.45, 2.75) is 20.3 Å². The van der Waals surface area contributed by atoms with Crippen molar-refractivity contribution in [1.82, 2.24) is 10.4 Å². The highest BCUT2D eigenvalue weighted by Gasteiger charge is 2.04. The van der Waals surface area contributed by atoms with E-state index in [1.54, 1.807) is 24.5 Å². The van der Waals surface area contributed by atoms with Gasteiger partial charge in [-0.05, 0) is 55.3 Å². The molecule has 2 rings (SSSR count).